The van der Waals surface area contributed by atoms with Gasteiger partial charge in [-0.15, -0.1) is 0 Å². The maximum absolute atomic E-state index is 5.70. The Morgan fingerprint density at radius 1 is 1.47 bits per heavy atom. The van der Waals surface area contributed by atoms with Gasteiger partial charge >= 0.3 is 0 Å². The largest absolute Gasteiger partial charge is 0.488 e. The molecular weight excluding hydrogens is 278 g/mol. The van der Waals surface area contributed by atoms with Crippen molar-refractivity contribution in [2.24, 2.45) is 0 Å². The van der Waals surface area contributed by atoms with Crippen LogP contribution in [0.5, 0.6) is 5.75 Å². The molecule has 0 bridgehead atoms. The van der Waals surface area contributed by atoms with Crippen molar-refractivity contribution in [3.63, 3.8) is 0 Å². The van der Waals surface area contributed by atoms with Gasteiger partial charge in [-0.05, 0) is 26.0 Å². The summed E-state index contributed by atoms with van der Waals surface area (Å²) in [5, 5.41) is 3.39. The molecule has 0 aliphatic rings. The minimum atomic E-state index is 0.504. The molecule has 1 aromatic rings. The molecular formula is C14H20BrNO. The van der Waals surface area contributed by atoms with Crippen LogP contribution in [0.2, 0.25) is 0 Å². The van der Waals surface area contributed by atoms with Crippen molar-refractivity contribution in [2.45, 2.75) is 26.8 Å². The number of ether oxygens (including phenoxy) is 1. The third-order valence-corrected chi connectivity index (χ3v) is 2.57. The molecule has 0 radical (unpaired) electrons. The van der Waals surface area contributed by atoms with E-state index in [-0.39, 0.29) is 0 Å². The molecule has 1 N–H and O–H groups in total. The second-order valence-electron chi connectivity index (χ2n) is 4.09. The number of rotatable bonds is 7. The standard InChI is InChI=1S/C14H20BrNO/c1-4-7-16-9-13-8-11(2)5-6-14(13)17-10-12(3)15/h5-6,8,16H,3-4,7,9-10H2,1-2H3. The highest BCUT2D eigenvalue weighted by Crippen LogP contribution is 2.21. The number of benzene rings is 1. The van der Waals surface area contributed by atoms with Crippen LogP contribution >= 0.6 is 15.9 Å². The van der Waals surface area contributed by atoms with Gasteiger partial charge in [0.05, 0.1) is 0 Å². The monoisotopic (exact) mass is 297 g/mol. The smallest absolute Gasteiger partial charge is 0.124 e. The number of nitrogens with one attached hydrogen (secondary N) is 1. The zero-order valence-electron chi connectivity index (χ0n) is 10.6. The van der Waals surface area contributed by atoms with E-state index < -0.39 is 0 Å². The van der Waals surface area contributed by atoms with Crippen molar-refractivity contribution in [1.29, 1.82) is 0 Å². The van der Waals surface area contributed by atoms with Gasteiger partial charge in [0.25, 0.3) is 0 Å². The summed E-state index contributed by atoms with van der Waals surface area (Å²) in [6, 6.07) is 6.25. The van der Waals surface area contributed by atoms with Crippen LogP contribution < -0.4 is 10.1 Å². The van der Waals surface area contributed by atoms with Gasteiger partial charge in [0.2, 0.25) is 0 Å². The summed E-state index contributed by atoms with van der Waals surface area (Å²) >= 11 is 3.30. The molecule has 0 heterocycles. The number of hydrogen-bond acceptors (Lipinski definition) is 2. The van der Waals surface area contributed by atoms with Crippen molar-refractivity contribution in [2.75, 3.05) is 13.2 Å². The highest BCUT2D eigenvalue weighted by Gasteiger charge is 2.04. The molecule has 1 aromatic carbocycles. The molecule has 0 unspecified atom stereocenters. The normalized spacial score (nSPS) is 10.3. The average molecular weight is 298 g/mol. The van der Waals surface area contributed by atoms with E-state index in [1.54, 1.807) is 0 Å². The molecule has 3 heteroatoms. The number of hydrogen-bond donors (Lipinski definition) is 1. The summed E-state index contributed by atoms with van der Waals surface area (Å²) in [5.74, 6) is 0.930. The molecule has 0 aliphatic heterocycles. The molecule has 17 heavy (non-hydrogen) atoms. The molecule has 0 saturated heterocycles. The third-order valence-electron chi connectivity index (χ3n) is 2.34. The molecule has 0 aliphatic carbocycles. The summed E-state index contributed by atoms with van der Waals surface area (Å²) in [7, 11) is 0. The first kappa shape index (κ1) is 14.3. The first-order valence-corrected chi connectivity index (χ1v) is 6.69. The topological polar surface area (TPSA) is 21.3 Å². The van der Waals surface area contributed by atoms with Gasteiger partial charge in [-0.2, -0.15) is 0 Å². The van der Waals surface area contributed by atoms with Gasteiger partial charge in [0.15, 0.2) is 0 Å². The van der Waals surface area contributed by atoms with Crippen LogP contribution in [-0.4, -0.2) is 13.2 Å². The maximum atomic E-state index is 5.70. The van der Waals surface area contributed by atoms with Gasteiger partial charge in [-0.3, -0.25) is 0 Å². The van der Waals surface area contributed by atoms with E-state index in [2.05, 4.69) is 53.8 Å². The lowest BCUT2D eigenvalue weighted by molar-refractivity contribution is 0.355. The Morgan fingerprint density at radius 2 is 2.24 bits per heavy atom. The molecule has 94 valence electrons. The van der Waals surface area contributed by atoms with Crippen molar-refractivity contribution < 1.29 is 4.74 Å². The molecule has 0 saturated carbocycles. The van der Waals surface area contributed by atoms with Gasteiger partial charge in [0, 0.05) is 16.6 Å². The van der Waals surface area contributed by atoms with Crippen LogP contribution in [0.1, 0.15) is 24.5 Å². The lowest BCUT2D eigenvalue weighted by atomic mass is 10.1. The predicted octanol–water partition coefficient (Wildman–Crippen LogP) is 3.78. The summed E-state index contributed by atoms with van der Waals surface area (Å²) in [6.45, 7) is 10.4. The molecule has 1 rings (SSSR count). The second-order valence-corrected chi connectivity index (χ2v) is 5.22. The quantitative estimate of drug-likeness (QED) is 0.773. The van der Waals surface area contributed by atoms with Crippen molar-refractivity contribution in [1.82, 2.24) is 5.32 Å². The lowest BCUT2D eigenvalue weighted by Gasteiger charge is -2.12. The molecule has 0 atom stereocenters. The Balaban J connectivity index is 2.69. The highest BCUT2D eigenvalue weighted by atomic mass is 79.9. The summed E-state index contributed by atoms with van der Waals surface area (Å²) in [5.41, 5.74) is 2.45. The summed E-state index contributed by atoms with van der Waals surface area (Å²) < 4.78 is 6.55. The van der Waals surface area contributed by atoms with E-state index >= 15 is 0 Å². The van der Waals surface area contributed by atoms with E-state index in [9.17, 15) is 0 Å². The highest BCUT2D eigenvalue weighted by molar-refractivity contribution is 9.11. The fraction of sp³-hybridized carbons (Fsp3) is 0.429. The van der Waals surface area contributed by atoms with Crippen molar-refractivity contribution in [3.8, 4) is 5.75 Å². The van der Waals surface area contributed by atoms with Crippen molar-refractivity contribution >= 4 is 15.9 Å². The zero-order chi connectivity index (χ0) is 12.7. The van der Waals surface area contributed by atoms with Gasteiger partial charge in [-0.25, -0.2) is 0 Å². The van der Waals surface area contributed by atoms with Crippen LogP contribution in [0.3, 0.4) is 0 Å². The fourth-order valence-corrected chi connectivity index (χ4v) is 1.66. The maximum Gasteiger partial charge on any atom is 0.124 e. The predicted molar refractivity (Wildman–Crippen MR) is 76.7 cm³/mol. The first-order valence-electron chi connectivity index (χ1n) is 5.89. The Hall–Kier alpha value is -0.800. The van der Waals surface area contributed by atoms with Crippen LogP contribution in [0.25, 0.3) is 0 Å². The van der Waals surface area contributed by atoms with Crippen LogP contribution in [0.15, 0.2) is 29.3 Å². The average Bonchev–Trinajstić information content (AvgIpc) is 2.28. The number of aryl methyl sites for hydroxylation is 1. The first-order chi connectivity index (χ1) is 8.13. The van der Waals surface area contributed by atoms with Crippen LogP contribution in [0, 0.1) is 6.92 Å². The zero-order valence-corrected chi connectivity index (χ0v) is 12.1. The molecule has 0 aromatic heterocycles. The molecule has 2 nitrogen and oxygen atoms in total. The van der Waals surface area contributed by atoms with Crippen molar-refractivity contribution in [3.05, 3.63) is 40.4 Å². The fourth-order valence-electron chi connectivity index (χ4n) is 1.54. The molecule has 0 amide bonds. The lowest BCUT2D eigenvalue weighted by Crippen LogP contribution is -2.15. The van der Waals surface area contributed by atoms with Gasteiger partial charge < -0.3 is 10.1 Å². The van der Waals surface area contributed by atoms with Crippen LogP contribution in [-0.2, 0) is 6.54 Å². The minimum absolute atomic E-state index is 0.504. The van der Waals surface area contributed by atoms with Gasteiger partial charge in [-0.1, -0.05) is 47.1 Å². The number of halogens is 1. The SMILES string of the molecule is C=C(Br)COc1ccc(C)cc1CNCCC. The summed E-state index contributed by atoms with van der Waals surface area (Å²) in [4.78, 5) is 0. The van der Waals surface area contributed by atoms with E-state index in [4.69, 9.17) is 4.74 Å². The Labute approximate surface area is 112 Å². The Kier molecular flexibility index (Phi) is 6.30. The second kappa shape index (κ2) is 7.51. The Bertz CT molecular complexity index is 376. The summed E-state index contributed by atoms with van der Waals surface area (Å²) in [6.07, 6.45) is 1.14. The Morgan fingerprint density at radius 3 is 2.88 bits per heavy atom. The van der Waals surface area contributed by atoms with Gasteiger partial charge in [0.1, 0.15) is 12.4 Å². The van der Waals surface area contributed by atoms with E-state index in [0.29, 0.717) is 6.61 Å². The van der Waals surface area contributed by atoms with E-state index in [1.807, 2.05) is 6.07 Å². The minimum Gasteiger partial charge on any atom is -0.488 e. The third kappa shape index (κ3) is 5.37. The van der Waals surface area contributed by atoms with E-state index in [0.717, 1.165) is 29.7 Å². The van der Waals surface area contributed by atoms with E-state index in [1.165, 1.54) is 11.1 Å². The van der Waals surface area contributed by atoms with Crippen LogP contribution in [0.4, 0.5) is 0 Å². The molecule has 0 spiro atoms. The molecule has 0 fully saturated rings.